The molecule has 0 saturated carbocycles. The fourth-order valence-corrected chi connectivity index (χ4v) is 3.28. The number of hydrogen-bond donors (Lipinski definition) is 1. The molecule has 1 heterocycles. The third-order valence-electron chi connectivity index (χ3n) is 3.35. The lowest BCUT2D eigenvalue weighted by molar-refractivity contribution is 0.277. The quantitative estimate of drug-likeness (QED) is 0.850. The van der Waals surface area contributed by atoms with Gasteiger partial charge in [0, 0.05) is 23.5 Å². The van der Waals surface area contributed by atoms with E-state index in [0.717, 1.165) is 30.0 Å². The highest BCUT2D eigenvalue weighted by atomic mass is 32.2. The largest absolute Gasteiger partial charge is 0.324 e. The lowest BCUT2D eigenvalue weighted by atomic mass is 9.74. The molecular weight excluding hydrogens is 242 g/mol. The molecule has 1 atom stereocenters. The third kappa shape index (κ3) is 3.23. The molecule has 1 aromatic heterocycles. The summed E-state index contributed by atoms with van der Waals surface area (Å²) in [5, 5.41) is 0. The third-order valence-corrected chi connectivity index (χ3v) is 4.51. The highest BCUT2D eigenvalue weighted by molar-refractivity contribution is 7.98. The molecule has 4 heteroatoms. The minimum absolute atomic E-state index is 0.0982. The molecular formula is C14H23N3S. The second kappa shape index (κ2) is 5.57. The van der Waals surface area contributed by atoms with Gasteiger partial charge in [0.25, 0.3) is 0 Å². The smallest absolute Gasteiger partial charge is 0.138 e. The van der Waals surface area contributed by atoms with E-state index >= 15 is 0 Å². The Morgan fingerprint density at radius 2 is 2.28 bits per heavy atom. The SMILES string of the molecule is CCCSCc1ncc2c(n1)CC(C)(C)CC2N. The molecule has 0 aromatic carbocycles. The summed E-state index contributed by atoms with van der Waals surface area (Å²) in [6, 6.07) is 0.0982. The molecule has 0 spiro atoms. The van der Waals surface area contributed by atoms with E-state index in [1.54, 1.807) is 0 Å². The molecule has 2 rings (SSSR count). The van der Waals surface area contributed by atoms with E-state index in [1.807, 2.05) is 18.0 Å². The monoisotopic (exact) mass is 265 g/mol. The van der Waals surface area contributed by atoms with Gasteiger partial charge >= 0.3 is 0 Å². The first-order chi connectivity index (χ1) is 8.52. The van der Waals surface area contributed by atoms with Gasteiger partial charge in [0.2, 0.25) is 0 Å². The van der Waals surface area contributed by atoms with Crippen LogP contribution in [0.2, 0.25) is 0 Å². The first-order valence-corrected chi connectivity index (χ1v) is 7.85. The topological polar surface area (TPSA) is 51.8 Å². The molecule has 0 fully saturated rings. The Bertz CT molecular complexity index is 418. The molecule has 18 heavy (non-hydrogen) atoms. The van der Waals surface area contributed by atoms with Crippen LogP contribution in [0.5, 0.6) is 0 Å². The highest BCUT2D eigenvalue weighted by Crippen LogP contribution is 2.38. The van der Waals surface area contributed by atoms with Crippen LogP contribution < -0.4 is 5.73 Å². The Hall–Kier alpha value is -0.610. The van der Waals surface area contributed by atoms with Gasteiger partial charge < -0.3 is 5.73 Å². The Labute approximate surface area is 114 Å². The Kier molecular flexibility index (Phi) is 4.28. The molecule has 2 N–H and O–H groups in total. The van der Waals surface area contributed by atoms with E-state index in [-0.39, 0.29) is 11.5 Å². The highest BCUT2D eigenvalue weighted by Gasteiger charge is 2.31. The van der Waals surface area contributed by atoms with Gasteiger partial charge in [0.05, 0.1) is 5.75 Å². The number of nitrogens with zero attached hydrogens (tertiary/aromatic N) is 2. The first-order valence-electron chi connectivity index (χ1n) is 6.70. The van der Waals surface area contributed by atoms with Crippen molar-refractivity contribution in [2.45, 2.75) is 51.8 Å². The molecule has 1 aromatic rings. The van der Waals surface area contributed by atoms with Gasteiger partial charge in [-0.05, 0) is 30.4 Å². The van der Waals surface area contributed by atoms with E-state index in [4.69, 9.17) is 10.7 Å². The van der Waals surface area contributed by atoms with Crippen LogP contribution in [-0.4, -0.2) is 15.7 Å². The maximum Gasteiger partial charge on any atom is 0.138 e. The van der Waals surface area contributed by atoms with Crippen LogP contribution in [0.4, 0.5) is 0 Å². The van der Waals surface area contributed by atoms with Crippen LogP contribution in [0.25, 0.3) is 0 Å². The number of aromatic nitrogens is 2. The van der Waals surface area contributed by atoms with Crippen LogP contribution in [0.15, 0.2) is 6.20 Å². The second-order valence-electron chi connectivity index (χ2n) is 5.89. The summed E-state index contributed by atoms with van der Waals surface area (Å²) in [4.78, 5) is 9.17. The van der Waals surface area contributed by atoms with Crippen molar-refractivity contribution in [2.24, 2.45) is 11.1 Å². The predicted molar refractivity (Wildman–Crippen MR) is 77.5 cm³/mol. The number of rotatable bonds is 4. The van der Waals surface area contributed by atoms with Gasteiger partial charge in [0.15, 0.2) is 0 Å². The van der Waals surface area contributed by atoms with Crippen molar-refractivity contribution in [2.75, 3.05) is 5.75 Å². The average Bonchev–Trinajstić information content (AvgIpc) is 2.27. The van der Waals surface area contributed by atoms with Crippen molar-refractivity contribution >= 4 is 11.8 Å². The minimum atomic E-state index is 0.0982. The molecule has 1 unspecified atom stereocenters. The molecule has 1 aliphatic carbocycles. The lowest BCUT2D eigenvalue weighted by Crippen LogP contribution is -2.31. The van der Waals surface area contributed by atoms with E-state index in [2.05, 4.69) is 25.8 Å². The fraction of sp³-hybridized carbons (Fsp3) is 0.714. The maximum atomic E-state index is 6.21. The summed E-state index contributed by atoms with van der Waals surface area (Å²) < 4.78 is 0. The first kappa shape index (κ1) is 13.8. The van der Waals surface area contributed by atoms with Gasteiger partial charge in [-0.2, -0.15) is 11.8 Å². The standard InChI is InChI=1S/C14H23N3S/c1-4-5-18-9-13-16-8-10-11(15)6-14(2,3)7-12(10)17-13/h8,11H,4-7,9,15H2,1-3H3. The molecule has 0 bridgehead atoms. The van der Waals surface area contributed by atoms with E-state index in [1.165, 1.54) is 17.9 Å². The normalized spacial score (nSPS) is 21.7. The summed E-state index contributed by atoms with van der Waals surface area (Å²) in [5.41, 5.74) is 8.79. The molecule has 3 nitrogen and oxygen atoms in total. The Balaban J connectivity index is 2.15. The molecule has 0 radical (unpaired) electrons. The zero-order valence-corrected chi connectivity index (χ0v) is 12.4. The van der Waals surface area contributed by atoms with E-state index < -0.39 is 0 Å². The lowest BCUT2D eigenvalue weighted by Gasteiger charge is -2.34. The van der Waals surface area contributed by atoms with Gasteiger partial charge in [-0.1, -0.05) is 20.8 Å². The maximum absolute atomic E-state index is 6.21. The summed E-state index contributed by atoms with van der Waals surface area (Å²) in [7, 11) is 0. The van der Waals surface area contributed by atoms with Gasteiger partial charge in [-0.25, -0.2) is 9.97 Å². The zero-order valence-electron chi connectivity index (χ0n) is 11.6. The summed E-state index contributed by atoms with van der Waals surface area (Å²) >= 11 is 1.90. The van der Waals surface area contributed by atoms with Crippen molar-refractivity contribution in [3.8, 4) is 0 Å². The van der Waals surface area contributed by atoms with Crippen LogP contribution in [0.3, 0.4) is 0 Å². The van der Waals surface area contributed by atoms with Crippen molar-refractivity contribution in [3.05, 3.63) is 23.3 Å². The van der Waals surface area contributed by atoms with Crippen LogP contribution >= 0.6 is 11.8 Å². The van der Waals surface area contributed by atoms with Gasteiger partial charge in [-0.3, -0.25) is 0 Å². The number of hydrogen-bond acceptors (Lipinski definition) is 4. The number of fused-ring (bicyclic) bond motifs is 1. The summed E-state index contributed by atoms with van der Waals surface area (Å²) in [5.74, 6) is 3.04. The van der Waals surface area contributed by atoms with Crippen LogP contribution in [-0.2, 0) is 12.2 Å². The minimum Gasteiger partial charge on any atom is -0.324 e. The van der Waals surface area contributed by atoms with Gasteiger partial charge in [-0.15, -0.1) is 0 Å². The average molecular weight is 265 g/mol. The van der Waals surface area contributed by atoms with Crippen molar-refractivity contribution in [1.29, 1.82) is 0 Å². The molecule has 1 aliphatic rings. The number of nitrogens with two attached hydrogens (primary N) is 1. The number of thioether (sulfide) groups is 1. The van der Waals surface area contributed by atoms with Crippen LogP contribution in [0.1, 0.15) is 56.7 Å². The Morgan fingerprint density at radius 1 is 1.50 bits per heavy atom. The molecule has 0 amide bonds. The Morgan fingerprint density at radius 3 is 3.00 bits per heavy atom. The van der Waals surface area contributed by atoms with Crippen molar-refractivity contribution in [3.63, 3.8) is 0 Å². The molecule has 100 valence electrons. The van der Waals surface area contributed by atoms with E-state index in [0.29, 0.717) is 0 Å². The molecule has 0 saturated heterocycles. The predicted octanol–water partition coefficient (Wildman–Crippen LogP) is 3.09. The zero-order chi connectivity index (χ0) is 13.2. The second-order valence-corrected chi connectivity index (χ2v) is 7.00. The fourth-order valence-electron chi connectivity index (χ4n) is 2.53. The van der Waals surface area contributed by atoms with Crippen molar-refractivity contribution in [1.82, 2.24) is 9.97 Å². The molecule has 0 aliphatic heterocycles. The summed E-state index contributed by atoms with van der Waals surface area (Å²) in [6.07, 6.45) is 5.19. The van der Waals surface area contributed by atoms with Crippen molar-refractivity contribution < 1.29 is 0 Å². The van der Waals surface area contributed by atoms with Crippen LogP contribution in [0, 0.1) is 5.41 Å². The van der Waals surface area contributed by atoms with E-state index in [9.17, 15) is 0 Å². The van der Waals surface area contributed by atoms with Gasteiger partial charge in [0.1, 0.15) is 5.82 Å². The summed E-state index contributed by atoms with van der Waals surface area (Å²) in [6.45, 7) is 6.73.